The van der Waals surface area contributed by atoms with Gasteiger partial charge in [-0.1, -0.05) is 26.5 Å². The van der Waals surface area contributed by atoms with E-state index < -0.39 is 0 Å². The van der Waals surface area contributed by atoms with Gasteiger partial charge in [-0.2, -0.15) is 0 Å². The van der Waals surface area contributed by atoms with E-state index in [4.69, 9.17) is 0 Å². The molecule has 4 nitrogen and oxygen atoms in total. The van der Waals surface area contributed by atoms with E-state index >= 15 is 0 Å². The first kappa shape index (κ1) is 16.5. The molecule has 1 aliphatic rings. The third-order valence-corrected chi connectivity index (χ3v) is 3.58. The van der Waals surface area contributed by atoms with Gasteiger partial charge in [-0.05, 0) is 52.1 Å². The quantitative estimate of drug-likeness (QED) is 0.922. The molecule has 0 unspecified atom stereocenters. The number of nitrogens with zero attached hydrogens (tertiary/aromatic N) is 2. The number of imidazole rings is 1. The van der Waals surface area contributed by atoms with Gasteiger partial charge in [-0.15, -0.1) is 0 Å². The summed E-state index contributed by atoms with van der Waals surface area (Å²) < 4.78 is 1.87. The number of rotatable bonds is 3. The van der Waals surface area contributed by atoms with Gasteiger partial charge >= 0.3 is 5.69 Å². The van der Waals surface area contributed by atoms with Crippen LogP contribution in [0.2, 0.25) is 0 Å². The predicted octanol–water partition coefficient (Wildman–Crippen LogP) is 3.15. The summed E-state index contributed by atoms with van der Waals surface area (Å²) >= 11 is 0. The molecule has 0 saturated carbocycles. The predicted molar refractivity (Wildman–Crippen MR) is 87.0 cm³/mol. The van der Waals surface area contributed by atoms with E-state index in [1.165, 1.54) is 0 Å². The summed E-state index contributed by atoms with van der Waals surface area (Å²) in [4.78, 5) is 17.3. The first-order valence-electron chi connectivity index (χ1n) is 7.45. The molecule has 1 N–H and O–H groups in total. The zero-order valence-electron chi connectivity index (χ0n) is 13.1. The third-order valence-electron chi connectivity index (χ3n) is 3.58. The van der Waals surface area contributed by atoms with E-state index in [9.17, 15) is 4.79 Å². The van der Waals surface area contributed by atoms with Crippen LogP contribution < -0.4 is 5.69 Å². The smallest absolute Gasteiger partial charge is 0.306 e. The first-order chi connectivity index (χ1) is 9.67. The maximum absolute atomic E-state index is 12.1. The van der Waals surface area contributed by atoms with Gasteiger partial charge in [0.05, 0.1) is 11.4 Å². The normalized spacial score (nSPS) is 17.0. The standard InChI is InChI=1S/C14H21N3O.C2H6/c1-4-6-12-13(5-2)17(14(18)15-12)11-7-9-16(3)10-8-11;1-2/h4-6,11H,2,7-10H2,1,3H3,(H,15,18);1-2H3/b6-4-;. The molecule has 0 aromatic carbocycles. The number of allylic oxidation sites excluding steroid dienone is 1. The minimum Gasteiger partial charge on any atom is -0.306 e. The van der Waals surface area contributed by atoms with Gasteiger partial charge in [0.15, 0.2) is 0 Å². The molecule has 2 rings (SSSR count). The lowest BCUT2D eigenvalue weighted by Gasteiger charge is -2.30. The molecule has 0 aliphatic carbocycles. The van der Waals surface area contributed by atoms with Crippen LogP contribution in [-0.4, -0.2) is 34.6 Å². The van der Waals surface area contributed by atoms with E-state index in [1.54, 1.807) is 6.08 Å². The van der Waals surface area contributed by atoms with Crippen LogP contribution in [0.1, 0.15) is 51.0 Å². The fraction of sp³-hybridized carbons (Fsp3) is 0.562. The average molecular weight is 277 g/mol. The highest BCUT2D eigenvalue weighted by atomic mass is 16.1. The summed E-state index contributed by atoms with van der Waals surface area (Å²) in [6.07, 6.45) is 7.65. The fourth-order valence-corrected chi connectivity index (χ4v) is 2.60. The molecule has 0 atom stereocenters. The fourth-order valence-electron chi connectivity index (χ4n) is 2.60. The number of nitrogens with one attached hydrogen (secondary N) is 1. The van der Waals surface area contributed by atoms with Gasteiger partial charge in [0.1, 0.15) is 0 Å². The van der Waals surface area contributed by atoms with Crippen molar-refractivity contribution in [2.24, 2.45) is 0 Å². The number of piperidine rings is 1. The Morgan fingerprint density at radius 2 is 1.90 bits per heavy atom. The Labute approximate surface area is 121 Å². The number of likely N-dealkylation sites (tertiary alicyclic amines) is 1. The van der Waals surface area contributed by atoms with Gasteiger partial charge in [0, 0.05) is 6.04 Å². The van der Waals surface area contributed by atoms with Gasteiger partial charge in [-0.25, -0.2) is 4.79 Å². The lowest BCUT2D eigenvalue weighted by atomic mass is 10.0. The molecule has 1 aliphatic heterocycles. The average Bonchev–Trinajstić information content (AvgIpc) is 2.78. The highest BCUT2D eigenvalue weighted by molar-refractivity contribution is 5.58. The number of hydrogen-bond acceptors (Lipinski definition) is 2. The van der Waals surface area contributed by atoms with Crippen molar-refractivity contribution in [1.29, 1.82) is 0 Å². The third kappa shape index (κ3) is 3.51. The van der Waals surface area contributed by atoms with Crippen LogP contribution in [0.15, 0.2) is 17.4 Å². The van der Waals surface area contributed by atoms with Crippen LogP contribution in [0.4, 0.5) is 0 Å². The molecule has 0 amide bonds. The maximum Gasteiger partial charge on any atom is 0.326 e. The molecular formula is C16H27N3O. The molecule has 1 aromatic heterocycles. The number of hydrogen-bond donors (Lipinski definition) is 1. The lowest BCUT2D eigenvalue weighted by Crippen LogP contribution is -2.35. The maximum atomic E-state index is 12.1. The van der Waals surface area contributed by atoms with Crippen LogP contribution in [0.3, 0.4) is 0 Å². The van der Waals surface area contributed by atoms with E-state index in [1.807, 2.05) is 37.5 Å². The Morgan fingerprint density at radius 3 is 2.40 bits per heavy atom. The van der Waals surface area contributed by atoms with Crippen LogP contribution in [0.25, 0.3) is 12.2 Å². The topological polar surface area (TPSA) is 41.0 Å². The Morgan fingerprint density at radius 1 is 1.30 bits per heavy atom. The molecule has 1 fully saturated rings. The van der Waals surface area contributed by atoms with Crippen molar-refractivity contribution >= 4 is 12.2 Å². The molecular weight excluding hydrogens is 250 g/mol. The molecule has 112 valence electrons. The van der Waals surface area contributed by atoms with Crippen molar-refractivity contribution < 1.29 is 0 Å². The molecule has 1 saturated heterocycles. The van der Waals surface area contributed by atoms with Crippen LogP contribution in [0, 0.1) is 0 Å². The first-order valence-corrected chi connectivity index (χ1v) is 7.45. The monoisotopic (exact) mass is 277 g/mol. The molecule has 0 radical (unpaired) electrons. The van der Waals surface area contributed by atoms with Crippen LogP contribution in [0.5, 0.6) is 0 Å². The van der Waals surface area contributed by atoms with Crippen molar-refractivity contribution in [3.05, 3.63) is 34.5 Å². The molecule has 1 aromatic rings. The van der Waals surface area contributed by atoms with E-state index in [-0.39, 0.29) is 11.7 Å². The second-order valence-electron chi connectivity index (χ2n) is 4.84. The summed E-state index contributed by atoms with van der Waals surface area (Å²) in [5, 5.41) is 0. The molecule has 0 spiro atoms. The number of aromatic amines is 1. The molecule has 20 heavy (non-hydrogen) atoms. The van der Waals surface area contributed by atoms with Crippen LogP contribution in [-0.2, 0) is 0 Å². The zero-order chi connectivity index (χ0) is 15.1. The number of H-pyrrole nitrogens is 1. The van der Waals surface area contributed by atoms with Crippen molar-refractivity contribution in [3.63, 3.8) is 0 Å². The van der Waals surface area contributed by atoms with Gasteiger partial charge in [0.2, 0.25) is 0 Å². The van der Waals surface area contributed by atoms with Crippen molar-refractivity contribution in [3.8, 4) is 0 Å². The summed E-state index contributed by atoms with van der Waals surface area (Å²) in [7, 11) is 2.12. The largest absolute Gasteiger partial charge is 0.326 e. The molecule has 0 bridgehead atoms. The molecule has 2 heterocycles. The Hall–Kier alpha value is -1.55. The zero-order valence-corrected chi connectivity index (χ0v) is 13.1. The summed E-state index contributed by atoms with van der Waals surface area (Å²) in [5.74, 6) is 0. The highest BCUT2D eigenvalue weighted by Crippen LogP contribution is 2.23. The molecule has 4 heteroatoms. The summed E-state index contributed by atoms with van der Waals surface area (Å²) in [6.45, 7) is 11.9. The highest BCUT2D eigenvalue weighted by Gasteiger charge is 2.22. The van der Waals surface area contributed by atoms with Crippen molar-refractivity contribution in [1.82, 2.24) is 14.5 Å². The van der Waals surface area contributed by atoms with Gasteiger partial charge < -0.3 is 9.88 Å². The lowest BCUT2D eigenvalue weighted by molar-refractivity contribution is 0.218. The van der Waals surface area contributed by atoms with E-state index in [2.05, 4.69) is 23.5 Å². The van der Waals surface area contributed by atoms with E-state index in [0.717, 1.165) is 37.3 Å². The Bertz CT molecular complexity index is 502. The summed E-state index contributed by atoms with van der Waals surface area (Å²) in [6, 6.07) is 0.289. The van der Waals surface area contributed by atoms with Crippen molar-refractivity contribution in [2.75, 3.05) is 20.1 Å². The van der Waals surface area contributed by atoms with E-state index in [0.29, 0.717) is 0 Å². The van der Waals surface area contributed by atoms with Gasteiger partial charge in [-0.3, -0.25) is 4.57 Å². The minimum atomic E-state index is -0.0208. The van der Waals surface area contributed by atoms with Gasteiger partial charge in [0.25, 0.3) is 0 Å². The second-order valence-corrected chi connectivity index (χ2v) is 4.84. The second kappa shape index (κ2) is 7.90. The van der Waals surface area contributed by atoms with Crippen LogP contribution >= 0.6 is 0 Å². The summed E-state index contributed by atoms with van der Waals surface area (Å²) in [5.41, 5.74) is 1.75. The Kier molecular flexibility index (Phi) is 6.52. The Balaban J connectivity index is 0.000000956. The SMILES string of the molecule is C=Cc1c(/C=C\C)[nH]c(=O)n1C1CCN(C)CC1.CC. The minimum absolute atomic E-state index is 0.0208. The number of aromatic nitrogens is 2. The van der Waals surface area contributed by atoms with Crippen molar-refractivity contribution in [2.45, 2.75) is 39.7 Å².